The molecule has 1 fully saturated rings. The molecule has 0 saturated heterocycles. The zero-order valence-electron chi connectivity index (χ0n) is 10.0. The van der Waals surface area contributed by atoms with Gasteiger partial charge in [0.05, 0.1) is 0 Å². The molecule has 0 aromatic rings. The largest absolute Gasteiger partial charge is 0.396 e. The summed E-state index contributed by atoms with van der Waals surface area (Å²) in [6.45, 7) is 6.71. The number of carbonyl (C=O) groups excluding carboxylic acids is 1. The first-order valence-corrected chi connectivity index (χ1v) is 5.85. The smallest absolute Gasteiger partial charge is 0.223 e. The fourth-order valence-electron chi connectivity index (χ4n) is 2.05. The van der Waals surface area contributed by atoms with Crippen molar-refractivity contribution in [3.05, 3.63) is 0 Å². The van der Waals surface area contributed by atoms with Crippen LogP contribution in [0.5, 0.6) is 0 Å². The molecule has 2 atom stereocenters. The van der Waals surface area contributed by atoms with Crippen LogP contribution in [0.4, 0.5) is 0 Å². The molecule has 0 aromatic carbocycles. The SMILES string of the molecule is CC1CCCC1C(=O)NCC(C)(C)CO. The maximum atomic E-state index is 11.8. The van der Waals surface area contributed by atoms with Gasteiger partial charge in [-0.1, -0.05) is 27.2 Å². The van der Waals surface area contributed by atoms with Crippen molar-refractivity contribution in [3.63, 3.8) is 0 Å². The maximum Gasteiger partial charge on any atom is 0.223 e. The average Bonchev–Trinajstić information content (AvgIpc) is 2.61. The van der Waals surface area contributed by atoms with Crippen molar-refractivity contribution in [1.29, 1.82) is 0 Å². The minimum atomic E-state index is -0.211. The van der Waals surface area contributed by atoms with Crippen LogP contribution in [-0.2, 0) is 4.79 Å². The average molecular weight is 213 g/mol. The third-order valence-corrected chi connectivity index (χ3v) is 3.37. The Hall–Kier alpha value is -0.570. The topological polar surface area (TPSA) is 49.3 Å². The number of hydrogen-bond acceptors (Lipinski definition) is 2. The molecule has 1 rings (SSSR count). The molecule has 0 aliphatic heterocycles. The maximum absolute atomic E-state index is 11.8. The predicted molar refractivity (Wildman–Crippen MR) is 60.4 cm³/mol. The molecule has 2 unspecified atom stereocenters. The Morgan fingerprint density at radius 3 is 2.60 bits per heavy atom. The minimum Gasteiger partial charge on any atom is -0.396 e. The first-order valence-electron chi connectivity index (χ1n) is 5.85. The highest BCUT2D eigenvalue weighted by Gasteiger charge is 2.30. The lowest BCUT2D eigenvalue weighted by Crippen LogP contribution is -2.39. The Kier molecular flexibility index (Phi) is 4.14. The van der Waals surface area contributed by atoms with Gasteiger partial charge in [-0.05, 0) is 18.8 Å². The number of amides is 1. The number of hydrogen-bond donors (Lipinski definition) is 2. The summed E-state index contributed by atoms with van der Waals surface area (Å²) in [7, 11) is 0. The Labute approximate surface area is 92.3 Å². The summed E-state index contributed by atoms with van der Waals surface area (Å²) >= 11 is 0. The van der Waals surface area contributed by atoms with Crippen molar-refractivity contribution in [1.82, 2.24) is 5.32 Å². The van der Waals surface area contributed by atoms with Crippen LogP contribution < -0.4 is 5.32 Å². The van der Waals surface area contributed by atoms with E-state index in [9.17, 15) is 4.79 Å². The molecule has 0 radical (unpaired) electrons. The second-order valence-corrected chi connectivity index (χ2v) is 5.55. The van der Waals surface area contributed by atoms with Gasteiger partial charge in [-0.2, -0.15) is 0 Å². The van der Waals surface area contributed by atoms with Gasteiger partial charge >= 0.3 is 0 Å². The predicted octanol–water partition coefficient (Wildman–Crippen LogP) is 1.56. The molecule has 3 heteroatoms. The van der Waals surface area contributed by atoms with Crippen LogP contribution in [0.2, 0.25) is 0 Å². The Morgan fingerprint density at radius 2 is 2.13 bits per heavy atom. The summed E-state index contributed by atoms with van der Waals surface area (Å²) in [5.41, 5.74) is -0.211. The van der Waals surface area contributed by atoms with Crippen LogP contribution in [0, 0.1) is 17.3 Å². The van der Waals surface area contributed by atoms with Crippen LogP contribution in [0.25, 0.3) is 0 Å². The van der Waals surface area contributed by atoms with Crippen molar-refractivity contribution in [2.24, 2.45) is 17.3 Å². The van der Waals surface area contributed by atoms with Crippen molar-refractivity contribution < 1.29 is 9.90 Å². The molecule has 1 aliphatic carbocycles. The number of aliphatic hydroxyl groups is 1. The highest BCUT2D eigenvalue weighted by molar-refractivity contribution is 5.79. The summed E-state index contributed by atoms with van der Waals surface area (Å²) in [6.07, 6.45) is 3.36. The molecule has 1 aliphatic rings. The van der Waals surface area contributed by atoms with Crippen LogP contribution >= 0.6 is 0 Å². The second-order valence-electron chi connectivity index (χ2n) is 5.55. The lowest BCUT2D eigenvalue weighted by Gasteiger charge is -2.24. The number of rotatable bonds is 4. The van der Waals surface area contributed by atoms with Gasteiger partial charge < -0.3 is 10.4 Å². The van der Waals surface area contributed by atoms with Gasteiger partial charge in [0.25, 0.3) is 0 Å². The van der Waals surface area contributed by atoms with E-state index in [1.54, 1.807) is 0 Å². The number of aliphatic hydroxyl groups excluding tert-OH is 1. The van der Waals surface area contributed by atoms with Crippen molar-refractivity contribution >= 4 is 5.91 Å². The lowest BCUT2D eigenvalue weighted by molar-refractivity contribution is -0.126. The first kappa shape index (κ1) is 12.5. The van der Waals surface area contributed by atoms with Gasteiger partial charge in [0, 0.05) is 24.5 Å². The second kappa shape index (κ2) is 4.97. The van der Waals surface area contributed by atoms with Crippen LogP contribution in [0.3, 0.4) is 0 Å². The summed E-state index contributed by atoms with van der Waals surface area (Å²) < 4.78 is 0. The molecular weight excluding hydrogens is 190 g/mol. The molecule has 88 valence electrons. The zero-order chi connectivity index (χ0) is 11.5. The number of carbonyl (C=O) groups is 1. The van der Waals surface area contributed by atoms with E-state index in [1.807, 2.05) is 13.8 Å². The quantitative estimate of drug-likeness (QED) is 0.744. The molecule has 15 heavy (non-hydrogen) atoms. The molecule has 1 amide bonds. The van der Waals surface area contributed by atoms with Crippen LogP contribution in [0.15, 0.2) is 0 Å². The van der Waals surface area contributed by atoms with Crippen LogP contribution in [0.1, 0.15) is 40.0 Å². The van der Waals surface area contributed by atoms with Gasteiger partial charge in [0.15, 0.2) is 0 Å². The fourth-order valence-corrected chi connectivity index (χ4v) is 2.05. The summed E-state index contributed by atoms with van der Waals surface area (Å²) in [5, 5.41) is 12.0. The van der Waals surface area contributed by atoms with E-state index in [0.717, 1.165) is 6.42 Å². The van der Waals surface area contributed by atoms with E-state index in [2.05, 4.69) is 12.2 Å². The number of nitrogens with one attached hydrogen (secondary N) is 1. The molecule has 1 saturated carbocycles. The third-order valence-electron chi connectivity index (χ3n) is 3.37. The third kappa shape index (κ3) is 3.49. The molecule has 0 heterocycles. The van der Waals surface area contributed by atoms with E-state index in [-0.39, 0.29) is 23.8 Å². The molecule has 0 aromatic heterocycles. The van der Waals surface area contributed by atoms with Gasteiger partial charge in [0.1, 0.15) is 0 Å². The highest BCUT2D eigenvalue weighted by Crippen LogP contribution is 2.31. The molecule has 3 nitrogen and oxygen atoms in total. The van der Waals surface area contributed by atoms with Gasteiger partial charge in [-0.25, -0.2) is 0 Å². The Balaban J connectivity index is 2.36. The van der Waals surface area contributed by atoms with E-state index in [1.165, 1.54) is 12.8 Å². The Bertz CT molecular complexity index is 226. The van der Waals surface area contributed by atoms with Gasteiger partial charge in [-0.3, -0.25) is 4.79 Å². The zero-order valence-corrected chi connectivity index (χ0v) is 10.0. The monoisotopic (exact) mass is 213 g/mol. The minimum absolute atomic E-state index is 0.105. The molecule has 0 spiro atoms. The molecule has 2 N–H and O–H groups in total. The summed E-state index contributed by atoms with van der Waals surface area (Å²) in [6, 6.07) is 0. The molecular formula is C12H23NO2. The van der Waals surface area contributed by atoms with E-state index >= 15 is 0 Å². The van der Waals surface area contributed by atoms with Gasteiger partial charge in [0.2, 0.25) is 5.91 Å². The van der Waals surface area contributed by atoms with Gasteiger partial charge in [-0.15, -0.1) is 0 Å². The first-order chi connectivity index (χ1) is 6.96. The highest BCUT2D eigenvalue weighted by atomic mass is 16.3. The van der Waals surface area contributed by atoms with E-state index in [0.29, 0.717) is 12.5 Å². The normalized spacial score (nSPS) is 26.7. The Morgan fingerprint density at radius 1 is 1.47 bits per heavy atom. The lowest BCUT2D eigenvalue weighted by atomic mass is 9.93. The fraction of sp³-hybridized carbons (Fsp3) is 0.917. The summed E-state index contributed by atoms with van der Waals surface area (Å²) in [4.78, 5) is 11.8. The van der Waals surface area contributed by atoms with Crippen molar-refractivity contribution in [2.75, 3.05) is 13.2 Å². The van der Waals surface area contributed by atoms with Crippen molar-refractivity contribution in [3.8, 4) is 0 Å². The summed E-state index contributed by atoms with van der Waals surface area (Å²) in [5.74, 6) is 0.878. The van der Waals surface area contributed by atoms with Crippen molar-refractivity contribution in [2.45, 2.75) is 40.0 Å². The van der Waals surface area contributed by atoms with Crippen LogP contribution in [-0.4, -0.2) is 24.2 Å². The van der Waals surface area contributed by atoms with E-state index in [4.69, 9.17) is 5.11 Å². The standard InChI is InChI=1S/C12H23NO2/c1-9-5-4-6-10(9)11(15)13-7-12(2,3)8-14/h9-10,14H,4-8H2,1-3H3,(H,13,15). The molecule has 0 bridgehead atoms. The van der Waals surface area contributed by atoms with E-state index < -0.39 is 0 Å².